The summed E-state index contributed by atoms with van der Waals surface area (Å²) in [5.74, 6) is -0.308. The van der Waals surface area contributed by atoms with Gasteiger partial charge in [0.25, 0.3) is 5.56 Å². The van der Waals surface area contributed by atoms with E-state index < -0.39 is 12.1 Å². The third-order valence-electron chi connectivity index (χ3n) is 3.62. The molecule has 0 radical (unpaired) electrons. The molecule has 7 nitrogen and oxygen atoms in total. The molecule has 0 aliphatic carbocycles. The quantitative estimate of drug-likeness (QED) is 0.708. The fourth-order valence-electron chi connectivity index (χ4n) is 2.35. The van der Waals surface area contributed by atoms with Gasteiger partial charge in [-0.3, -0.25) is 9.20 Å². The first-order valence-electron chi connectivity index (χ1n) is 7.54. The van der Waals surface area contributed by atoms with Gasteiger partial charge in [0.2, 0.25) is 0 Å². The summed E-state index contributed by atoms with van der Waals surface area (Å²) in [6, 6.07) is 13.0. The van der Waals surface area contributed by atoms with Crippen molar-refractivity contribution >= 4 is 11.6 Å². The first kappa shape index (κ1) is 16.7. The number of rotatable bonds is 5. The molecule has 25 heavy (non-hydrogen) atoms. The summed E-state index contributed by atoms with van der Waals surface area (Å²) in [6.45, 7) is -0.208. The van der Waals surface area contributed by atoms with E-state index in [0.29, 0.717) is 22.7 Å². The van der Waals surface area contributed by atoms with Crippen LogP contribution in [0.15, 0.2) is 59.5 Å². The molecule has 1 N–H and O–H groups in total. The minimum atomic E-state index is -1.45. The lowest BCUT2D eigenvalue weighted by Gasteiger charge is -2.12. The summed E-state index contributed by atoms with van der Waals surface area (Å²) in [5, 5.41) is 10.1. The van der Waals surface area contributed by atoms with Gasteiger partial charge in [-0.1, -0.05) is 18.2 Å². The predicted octanol–water partition coefficient (Wildman–Crippen LogP) is 1.48. The van der Waals surface area contributed by atoms with E-state index in [2.05, 4.69) is 4.98 Å². The minimum absolute atomic E-state index is 0.208. The molecule has 2 heterocycles. The lowest BCUT2D eigenvalue weighted by molar-refractivity contribution is -0.155. The third-order valence-corrected chi connectivity index (χ3v) is 3.62. The van der Waals surface area contributed by atoms with Gasteiger partial charge in [0.15, 0.2) is 6.10 Å². The second-order valence-electron chi connectivity index (χ2n) is 5.30. The highest BCUT2D eigenvalue weighted by Gasteiger charge is 2.20. The normalized spacial score (nSPS) is 11.9. The lowest BCUT2D eigenvalue weighted by Crippen LogP contribution is -2.18. The molecule has 0 bridgehead atoms. The molecule has 0 saturated carbocycles. The van der Waals surface area contributed by atoms with Gasteiger partial charge in [0, 0.05) is 12.3 Å². The van der Waals surface area contributed by atoms with E-state index in [1.54, 1.807) is 48.7 Å². The number of carbonyl (C=O) groups excluding carboxylic acids is 1. The largest absolute Gasteiger partial charge is 0.497 e. The molecule has 1 atom stereocenters. The van der Waals surface area contributed by atoms with E-state index >= 15 is 0 Å². The maximum Gasteiger partial charge on any atom is 0.340 e. The number of ether oxygens (including phenoxy) is 2. The molecular formula is C18H16N2O5. The number of hydrogen-bond donors (Lipinski definition) is 1. The molecule has 0 amide bonds. The van der Waals surface area contributed by atoms with Crippen LogP contribution in [0.4, 0.5) is 0 Å². The average molecular weight is 340 g/mol. The Morgan fingerprint density at radius 3 is 2.88 bits per heavy atom. The van der Waals surface area contributed by atoms with Crippen LogP contribution in [0.5, 0.6) is 5.75 Å². The first-order chi connectivity index (χ1) is 12.1. The number of nitrogens with zero attached hydrogens (tertiary/aromatic N) is 2. The Morgan fingerprint density at radius 1 is 1.24 bits per heavy atom. The monoisotopic (exact) mass is 340 g/mol. The van der Waals surface area contributed by atoms with Crippen molar-refractivity contribution in [3.8, 4) is 5.75 Å². The number of aliphatic hydroxyl groups is 1. The predicted molar refractivity (Wildman–Crippen MR) is 89.2 cm³/mol. The fraction of sp³-hybridized carbons (Fsp3) is 0.167. The van der Waals surface area contributed by atoms with E-state index in [9.17, 15) is 14.7 Å². The van der Waals surface area contributed by atoms with Crippen molar-refractivity contribution in [2.45, 2.75) is 12.7 Å². The van der Waals surface area contributed by atoms with Crippen LogP contribution >= 0.6 is 0 Å². The highest BCUT2D eigenvalue weighted by atomic mass is 16.5. The number of methoxy groups -OCH3 is 1. The number of hydrogen-bond acceptors (Lipinski definition) is 6. The summed E-state index contributed by atoms with van der Waals surface area (Å²) in [5.41, 5.74) is 0.845. The molecule has 3 aromatic rings. The van der Waals surface area contributed by atoms with Gasteiger partial charge in [-0.15, -0.1) is 0 Å². The Morgan fingerprint density at radius 2 is 2.08 bits per heavy atom. The van der Waals surface area contributed by atoms with Gasteiger partial charge in [0.05, 0.1) is 12.8 Å². The van der Waals surface area contributed by atoms with Crippen LogP contribution in [0.1, 0.15) is 17.4 Å². The van der Waals surface area contributed by atoms with E-state index in [0.717, 1.165) is 0 Å². The Balaban J connectivity index is 1.72. The molecule has 2 aromatic heterocycles. The summed E-state index contributed by atoms with van der Waals surface area (Å²) >= 11 is 0. The van der Waals surface area contributed by atoms with Crippen molar-refractivity contribution < 1.29 is 19.4 Å². The van der Waals surface area contributed by atoms with Gasteiger partial charge >= 0.3 is 5.97 Å². The van der Waals surface area contributed by atoms with Gasteiger partial charge in [-0.25, -0.2) is 9.78 Å². The molecule has 128 valence electrons. The summed E-state index contributed by atoms with van der Waals surface area (Å²) in [7, 11) is 1.49. The molecular weight excluding hydrogens is 324 g/mol. The van der Waals surface area contributed by atoms with Crippen molar-refractivity contribution in [3.05, 3.63) is 76.3 Å². The Labute approximate surface area is 143 Å². The van der Waals surface area contributed by atoms with Crippen LogP contribution in [-0.2, 0) is 16.1 Å². The number of carbonyl (C=O) groups is 1. The number of pyridine rings is 1. The SMILES string of the molecule is COc1cccc(C(O)C(=O)OCc2cc(=O)n3ccccc3n2)c1. The number of esters is 1. The summed E-state index contributed by atoms with van der Waals surface area (Å²) < 4.78 is 11.5. The summed E-state index contributed by atoms with van der Waals surface area (Å²) in [6.07, 6.45) is 0.157. The number of aliphatic hydroxyl groups excluding tert-OH is 1. The van der Waals surface area contributed by atoms with E-state index in [1.807, 2.05) is 0 Å². The average Bonchev–Trinajstić information content (AvgIpc) is 2.65. The molecule has 7 heteroatoms. The molecule has 0 saturated heterocycles. The van der Waals surface area contributed by atoms with E-state index in [1.165, 1.54) is 17.6 Å². The minimum Gasteiger partial charge on any atom is -0.497 e. The molecule has 1 unspecified atom stereocenters. The summed E-state index contributed by atoms with van der Waals surface area (Å²) in [4.78, 5) is 28.3. The maximum absolute atomic E-state index is 12.0. The van der Waals surface area contributed by atoms with Crippen molar-refractivity contribution in [2.24, 2.45) is 0 Å². The Bertz CT molecular complexity index is 967. The molecule has 0 fully saturated rings. The van der Waals surface area contributed by atoms with Crippen LogP contribution < -0.4 is 10.3 Å². The third kappa shape index (κ3) is 3.67. The molecule has 0 spiro atoms. The second kappa shape index (κ2) is 7.14. The van der Waals surface area contributed by atoms with Gasteiger partial charge < -0.3 is 14.6 Å². The van der Waals surface area contributed by atoms with Crippen molar-refractivity contribution in [3.63, 3.8) is 0 Å². The molecule has 0 aliphatic rings. The van der Waals surface area contributed by atoms with Crippen LogP contribution in [0.3, 0.4) is 0 Å². The number of benzene rings is 1. The topological polar surface area (TPSA) is 90.1 Å². The van der Waals surface area contributed by atoms with Gasteiger partial charge in [-0.2, -0.15) is 0 Å². The second-order valence-corrected chi connectivity index (χ2v) is 5.30. The zero-order valence-electron chi connectivity index (χ0n) is 13.5. The molecule has 1 aromatic carbocycles. The zero-order valence-corrected chi connectivity index (χ0v) is 13.5. The lowest BCUT2D eigenvalue weighted by atomic mass is 10.1. The van der Waals surface area contributed by atoms with E-state index in [-0.39, 0.29) is 12.2 Å². The molecule has 0 aliphatic heterocycles. The first-order valence-corrected chi connectivity index (χ1v) is 7.54. The fourth-order valence-corrected chi connectivity index (χ4v) is 2.35. The number of fused-ring (bicyclic) bond motifs is 1. The number of aromatic nitrogens is 2. The van der Waals surface area contributed by atoms with Crippen LogP contribution in [-0.4, -0.2) is 27.6 Å². The van der Waals surface area contributed by atoms with Crippen molar-refractivity contribution in [1.29, 1.82) is 0 Å². The van der Waals surface area contributed by atoms with Crippen LogP contribution in [0.25, 0.3) is 5.65 Å². The highest BCUT2D eigenvalue weighted by Crippen LogP contribution is 2.20. The van der Waals surface area contributed by atoms with Gasteiger partial charge in [0.1, 0.15) is 18.0 Å². The van der Waals surface area contributed by atoms with Crippen LogP contribution in [0.2, 0.25) is 0 Å². The standard InChI is InChI=1S/C18H16N2O5/c1-24-14-6-4-5-12(9-14)17(22)18(23)25-11-13-10-16(21)20-8-3-2-7-15(20)19-13/h2-10,17,22H,11H2,1H3. The van der Waals surface area contributed by atoms with Crippen LogP contribution in [0, 0.1) is 0 Å². The Hall–Kier alpha value is -3.19. The molecule has 3 rings (SSSR count). The van der Waals surface area contributed by atoms with E-state index in [4.69, 9.17) is 9.47 Å². The van der Waals surface area contributed by atoms with Crippen molar-refractivity contribution in [2.75, 3.05) is 7.11 Å². The van der Waals surface area contributed by atoms with Crippen molar-refractivity contribution in [1.82, 2.24) is 9.38 Å². The smallest absolute Gasteiger partial charge is 0.340 e. The van der Waals surface area contributed by atoms with Gasteiger partial charge in [-0.05, 0) is 29.8 Å². The Kier molecular flexibility index (Phi) is 4.76. The highest BCUT2D eigenvalue weighted by molar-refractivity contribution is 5.76. The zero-order chi connectivity index (χ0) is 17.8. The maximum atomic E-state index is 12.0.